The average Bonchev–Trinajstić information content (AvgIpc) is 3.19. The lowest BCUT2D eigenvalue weighted by molar-refractivity contribution is 0.103. The monoisotopic (exact) mass is 330 g/mol. The Hall–Kier alpha value is -2.45. The highest BCUT2D eigenvalue weighted by Gasteiger charge is 2.14. The maximum absolute atomic E-state index is 11.9. The zero-order chi connectivity index (χ0) is 15.4. The van der Waals surface area contributed by atoms with E-state index in [2.05, 4.69) is 20.6 Å². The van der Waals surface area contributed by atoms with Crippen LogP contribution in [0, 0.1) is 0 Å². The van der Waals surface area contributed by atoms with Gasteiger partial charge < -0.3 is 5.11 Å². The van der Waals surface area contributed by atoms with Crippen LogP contribution in [0.25, 0.3) is 5.76 Å². The van der Waals surface area contributed by atoms with E-state index in [9.17, 15) is 9.90 Å². The Kier molecular flexibility index (Phi) is 4.31. The number of nitrogens with zero attached hydrogens (tertiary/aromatic N) is 3. The quantitative estimate of drug-likeness (QED) is 0.424. The number of H-pyrrole nitrogens is 1. The van der Waals surface area contributed by atoms with Gasteiger partial charge in [-0.05, 0) is 28.8 Å². The van der Waals surface area contributed by atoms with Crippen LogP contribution in [0.1, 0.15) is 16.2 Å². The molecule has 110 valence electrons. The molecular weight excluding hydrogens is 320 g/mol. The van der Waals surface area contributed by atoms with Crippen LogP contribution in [0.5, 0.6) is 0 Å². The average molecular weight is 330 g/mol. The van der Waals surface area contributed by atoms with Crippen molar-refractivity contribution in [1.82, 2.24) is 20.6 Å². The van der Waals surface area contributed by atoms with Crippen LogP contribution < -0.4 is 0 Å². The zero-order valence-electron chi connectivity index (χ0n) is 11.1. The molecular formula is C14H10N4O2S2. The molecule has 0 spiro atoms. The molecule has 0 saturated carbocycles. The van der Waals surface area contributed by atoms with Crippen molar-refractivity contribution in [1.29, 1.82) is 0 Å². The van der Waals surface area contributed by atoms with Crippen molar-refractivity contribution in [3.63, 3.8) is 0 Å². The summed E-state index contributed by atoms with van der Waals surface area (Å²) in [6.45, 7) is 0. The lowest BCUT2D eigenvalue weighted by atomic mass is 10.2. The molecule has 0 amide bonds. The molecule has 3 aromatic rings. The van der Waals surface area contributed by atoms with Gasteiger partial charge in [0.05, 0.1) is 4.21 Å². The van der Waals surface area contributed by atoms with E-state index >= 15 is 0 Å². The smallest absolute Gasteiger partial charge is 0.244 e. The van der Waals surface area contributed by atoms with Gasteiger partial charge in [-0.25, -0.2) is 0 Å². The number of aliphatic hydroxyl groups is 1. The highest BCUT2D eigenvalue weighted by Crippen LogP contribution is 2.37. The fourth-order valence-corrected chi connectivity index (χ4v) is 3.76. The Morgan fingerprint density at radius 3 is 2.82 bits per heavy atom. The van der Waals surface area contributed by atoms with Crippen molar-refractivity contribution in [2.75, 3.05) is 0 Å². The molecule has 0 saturated heterocycles. The molecule has 0 aliphatic carbocycles. The second kappa shape index (κ2) is 6.54. The zero-order valence-corrected chi connectivity index (χ0v) is 12.8. The molecule has 0 aliphatic rings. The first kappa shape index (κ1) is 14.5. The first-order valence-corrected chi connectivity index (χ1v) is 7.93. The summed E-state index contributed by atoms with van der Waals surface area (Å²) < 4.78 is 0.904. The van der Waals surface area contributed by atoms with Crippen LogP contribution in [0.3, 0.4) is 0 Å². The van der Waals surface area contributed by atoms with Crippen molar-refractivity contribution in [2.45, 2.75) is 9.10 Å². The molecule has 0 radical (unpaired) electrons. The number of thiophene rings is 1. The van der Waals surface area contributed by atoms with Crippen LogP contribution >= 0.6 is 23.1 Å². The molecule has 0 fully saturated rings. The van der Waals surface area contributed by atoms with Crippen molar-refractivity contribution in [3.8, 4) is 0 Å². The van der Waals surface area contributed by atoms with E-state index in [0.717, 1.165) is 15.2 Å². The normalized spacial score (nSPS) is 11.5. The summed E-state index contributed by atoms with van der Waals surface area (Å²) in [4.78, 5) is 12.9. The number of aromatic amines is 1. The minimum Gasteiger partial charge on any atom is -0.507 e. The SMILES string of the molecule is O=C(C=C(O)c1ccsc1Sc1ccccc1)c1nn[nH]n1. The number of allylic oxidation sites excluding steroid dienone is 1. The fourth-order valence-electron chi connectivity index (χ4n) is 1.69. The van der Waals surface area contributed by atoms with Gasteiger partial charge in [-0.15, -0.1) is 21.5 Å². The number of tetrazole rings is 1. The number of aromatic nitrogens is 4. The molecule has 8 heteroatoms. The highest BCUT2D eigenvalue weighted by atomic mass is 32.2. The van der Waals surface area contributed by atoms with Gasteiger partial charge in [0, 0.05) is 16.5 Å². The number of carbonyl (C=O) groups excluding carboxylic acids is 1. The number of ketones is 1. The second-order valence-corrected chi connectivity index (χ2v) is 6.42. The van der Waals surface area contributed by atoms with E-state index in [-0.39, 0.29) is 11.6 Å². The van der Waals surface area contributed by atoms with Crippen LogP contribution in [0.2, 0.25) is 0 Å². The molecule has 2 heterocycles. The molecule has 1 aromatic carbocycles. The van der Waals surface area contributed by atoms with Gasteiger partial charge in [-0.3, -0.25) is 4.79 Å². The Labute approximate surface area is 133 Å². The van der Waals surface area contributed by atoms with Crippen LogP contribution in [-0.2, 0) is 0 Å². The molecule has 2 aromatic heterocycles. The number of carbonyl (C=O) groups is 1. The largest absolute Gasteiger partial charge is 0.507 e. The summed E-state index contributed by atoms with van der Waals surface area (Å²) in [6.07, 6.45) is 1.10. The Morgan fingerprint density at radius 1 is 1.27 bits per heavy atom. The molecule has 0 atom stereocenters. The van der Waals surface area contributed by atoms with Crippen molar-refractivity contribution in [2.24, 2.45) is 0 Å². The minimum absolute atomic E-state index is 0.0842. The highest BCUT2D eigenvalue weighted by molar-refractivity contribution is 8.01. The standard InChI is InChI=1S/C14H10N4O2S2/c19-11(8-12(20)13-15-17-18-16-13)10-6-7-21-14(10)22-9-4-2-1-3-5-9/h1-8,19H,(H,15,16,17,18). The van der Waals surface area contributed by atoms with Crippen molar-refractivity contribution in [3.05, 3.63) is 59.2 Å². The number of benzene rings is 1. The van der Waals surface area contributed by atoms with Crippen LogP contribution in [-0.4, -0.2) is 31.5 Å². The third kappa shape index (κ3) is 3.23. The summed E-state index contributed by atoms with van der Waals surface area (Å²) in [5.41, 5.74) is 0.607. The fraction of sp³-hybridized carbons (Fsp3) is 0. The maximum Gasteiger partial charge on any atom is 0.244 e. The van der Waals surface area contributed by atoms with E-state index in [1.165, 1.54) is 23.1 Å². The van der Waals surface area contributed by atoms with Gasteiger partial charge in [-0.2, -0.15) is 5.21 Å². The first-order chi connectivity index (χ1) is 10.7. The Balaban J connectivity index is 1.83. The predicted octanol–water partition coefficient (Wildman–Crippen LogP) is 3.19. The molecule has 2 N–H and O–H groups in total. The Morgan fingerprint density at radius 2 is 2.09 bits per heavy atom. The Bertz CT molecular complexity index is 797. The molecule has 22 heavy (non-hydrogen) atoms. The van der Waals surface area contributed by atoms with E-state index in [1.54, 1.807) is 6.07 Å². The third-order valence-corrected chi connectivity index (χ3v) is 4.85. The third-order valence-electron chi connectivity index (χ3n) is 2.69. The number of hydrogen-bond acceptors (Lipinski definition) is 7. The summed E-state index contributed by atoms with van der Waals surface area (Å²) in [5.74, 6) is -0.707. The molecule has 3 rings (SSSR count). The summed E-state index contributed by atoms with van der Waals surface area (Å²) in [7, 11) is 0. The minimum atomic E-state index is -0.506. The van der Waals surface area contributed by atoms with Gasteiger partial charge in [0.25, 0.3) is 0 Å². The first-order valence-electron chi connectivity index (χ1n) is 6.23. The van der Waals surface area contributed by atoms with E-state index < -0.39 is 5.78 Å². The van der Waals surface area contributed by atoms with Crippen LogP contribution in [0.15, 0.2) is 57.0 Å². The van der Waals surface area contributed by atoms with Gasteiger partial charge in [0.2, 0.25) is 11.6 Å². The lowest BCUT2D eigenvalue weighted by Gasteiger charge is -2.02. The topological polar surface area (TPSA) is 91.8 Å². The summed E-state index contributed by atoms with van der Waals surface area (Å²) >= 11 is 3.03. The number of aliphatic hydroxyl groups excluding tert-OH is 1. The van der Waals surface area contributed by atoms with Crippen molar-refractivity contribution >= 4 is 34.6 Å². The number of rotatable bonds is 5. The summed E-state index contributed by atoms with van der Waals surface area (Å²) in [6, 6.07) is 11.6. The van der Waals surface area contributed by atoms with Gasteiger partial charge in [0.15, 0.2) is 0 Å². The van der Waals surface area contributed by atoms with Gasteiger partial charge in [0.1, 0.15) is 5.76 Å². The van der Waals surface area contributed by atoms with Crippen molar-refractivity contribution < 1.29 is 9.90 Å². The molecule has 0 unspecified atom stereocenters. The van der Waals surface area contributed by atoms with E-state index in [1.807, 2.05) is 35.7 Å². The van der Waals surface area contributed by atoms with Gasteiger partial charge in [-0.1, -0.05) is 30.0 Å². The molecule has 0 bridgehead atoms. The second-order valence-electron chi connectivity index (χ2n) is 4.17. The predicted molar refractivity (Wildman–Crippen MR) is 84.0 cm³/mol. The van der Waals surface area contributed by atoms with Crippen LogP contribution in [0.4, 0.5) is 0 Å². The number of nitrogens with one attached hydrogen (secondary N) is 1. The van der Waals surface area contributed by atoms with E-state index in [0.29, 0.717) is 5.56 Å². The molecule has 0 aliphatic heterocycles. The van der Waals surface area contributed by atoms with E-state index in [4.69, 9.17) is 0 Å². The molecule has 6 nitrogen and oxygen atoms in total. The maximum atomic E-state index is 11.9. The summed E-state index contributed by atoms with van der Waals surface area (Å²) in [5, 5.41) is 24.7. The lowest BCUT2D eigenvalue weighted by Crippen LogP contribution is -1.99. The number of hydrogen-bond donors (Lipinski definition) is 2. The van der Waals surface area contributed by atoms with Gasteiger partial charge >= 0.3 is 0 Å².